The lowest BCUT2D eigenvalue weighted by molar-refractivity contribution is -0.228. The van der Waals surface area contributed by atoms with Gasteiger partial charge in [-0.05, 0) is 51.8 Å². The molecular weight excluding hydrogens is 538 g/mol. The van der Waals surface area contributed by atoms with Crippen LogP contribution in [-0.2, 0) is 34.9 Å². The second-order valence-electron chi connectivity index (χ2n) is 11.1. The molecule has 0 aliphatic carbocycles. The van der Waals surface area contributed by atoms with Gasteiger partial charge in [-0.3, -0.25) is 4.57 Å². The number of esters is 1. The number of anilines is 1. The van der Waals surface area contributed by atoms with Gasteiger partial charge in [0.25, 0.3) is 0 Å². The first-order chi connectivity index (χ1) is 19.2. The monoisotopic (exact) mass is 571 g/mol. The van der Waals surface area contributed by atoms with Crippen molar-refractivity contribution in [2.75, 3.05) is 12.3 Å². The minimum absolute atomic E-state index is 0.00176. The summed E-state index contributed by atoms with van der Waals surface area (Å²) in [5.41, 5.74) is 12.4. The predicted octanol–water partition coefficient (Wildman–Crippen LogP) is 2.56. The van der Waals surface area contributed by atoms with Gasteiger partial charge >= 0.3 is 17.8 Å². The molecule has 4 rings (SSSR count). The third-order valence-electron chi connectivity index (χ3n) is 6.20. The summed E-state index contributed by atoms with van der Waals surface area (Å²) in [5, 5.41) is 6.36. The smallest absolute Gasteiger partial charge is 0.408 e. The maximum Gasteiger partial charge on any atom is 0.408 e. The first-order valence-corrected chi connectivity index (χ1v) is 12.9. The zero-order valence-corrected chi connectivity index (χ0v) is 23.3. The van der Waals surface area contributed by atoms with Crippen molar-refractivity contribution >= 4 is 17.9 Å². The summed E-state index contributed by atoms with van der Waals surface area (Å²) in [4.78, 5) is 45.2. The minimum atomic E-state index is -1.93. The molecule has 15 nitrogen and oxygen atoms in total. The quantitative estimate of drug-likeness (QED) is 0.205. The third-order valence-corrected chi connectivity index (χ3v) is 6.20. The molecule has 15 heteroatoms. The van der Waals surface area contributed by atoms with Gasteiger partial charge in [0.15, 0.2) is 12.0 Å². The van der Waals surface area contributed by atoms with E-state index in [0.717, 1.165) is 10.1 Å². The van der Waals surface area contributed by atoms with Crippen molar-refractivity contribution in [1.29, 1.82) is 0 Å². The van der Waals surface area contributed by atoms with Crippen LogP contribution in [0.2, 0.25) is 0 Å². The zero-order valence-electron chi connectivity index (χ0n) is 23.3. The topological polar surface area (TPSA) is 202 Å². The largest absolute Gasteiger partial charge is 0.461 e. The van der Waals surface area contributed by atoms with Crippen molar-refractivity contribution in [1.82, 2.24) is 14.9 Å². The van der Waals surface area contributed by atoms with E-state index in [1.165, 1.54) is 12.3 Å². The number of benzene rings is 1. The van der Waals surface area contributed by atoms with E-state index in [2.05, 4.69) is 20.3 Å². The summed E-state index contributed by atoms with van der Waals surface area (Å²) in [6, 6.07) is 9.22. The lowest BCUT2D eigenvalue weighted by Crippen LogP contribution is -2.49. The van der Waals surface area contributed by atoms with Crippen LogP contribution in [-0.4, -0.2) is 63.6 Å². The maximum atomic E-state index is 13.4. The molecule has 0 spiro atoms. The van der Waals surface area contributed by atoms with Crippen LogP contribution in [0.25, 0.3) is 10.4 Å². The molecule has 41 heavy (non-hydrogen) atoms. The fourth-order valence-corrected chi connectivity index (χ4v) is 4.59. The van der Waals surface area contributed by atoms with E-state index < -0.39 is 65.9 Å². The number of aromatic nitrogens is 2. The Morgan fingerprint density at radius 1 is 1.22 bits per heavy atom. The van der Waals surface area contributed by atoms with Gasteiger partial charge in [-0.1, -0.05) is 35.4 Å². The lowest BCUT2D eigenvalue weighted by atomic mass is 10.0. The van der Waals surface area contributed by atoms with Gasteiger partial charge in [-0.2, -0.15) is 4.98 Å². The maximum absolute atomic E-state index is 13.4. The number of hydrogen-bond donors (Lipinski definition) is 2. The molecule has 2 fully saturated rings. The number of nitrogens with zero attached hydrogens (tertiary/aromatic N) is 5. The van der Waals surface area contributed by atoms with Crippen LogP contribution in [0.5, 0.6) is 0 Å². The second-order valence-corrected chi connectivity index (χ2v) is 11.1. The summed E-state index contributed by atoms with van der Waals surface area (Å²) in [7, 11) is 0. The van der Waals surface area contributed by atoms with Crippen LogP contribution in [0.4, 0.5) is 10.6 Å². The molecule has 1 aromatic carbocycles. The van der Waals surface area contributed by atoms with Gasteiger partial charge in [0.2, 0.25) is 5.72 Å². The van der Waals surface area contributed by atoms with Crippen molar-refractivity contribution in [3.05, 3.63) is 69.1 Å². The van der Waals surface area contributed by atoms with E-state index in [9.17, 15) is 19.9 Å². The molecule has 1 aromatic heterocycles. The Balaban J connectivity index is 1.60. The van der Waals surface area contributed by atoms with E-state index in [1.807, 2.05) is 6.07 Å². The van der Waals surface area contributed by atoms with Crippen molar-refractivity contribution < 1.29 is 33.3 Å². The standard InChI is InChI=1S/C26H33N7O8/c1-24(2,3)41-23(36)29-16(13-15-9-7-6-8-10-15)21(34)37-14-26(31-32-28)19-18(38-25(4,5)39-19)20(40-26)33-12-11-17(27)30-22(33)35/h6-12,16,18-20H,13-14H2,1-5H3,(H,29,36)(H2,27,30,35)/t16?,18-,19+,20-,26-/m1/s1. The van der Waals surface area contributed by atoms with Crippen molar-refractivity contribution in [2.45, 2.75) is 82.6 Å². The average molecular weight is 572 g/mol. The Labute approximate surface area is 235 Å². The number of carbonyl (C=O) groups excluding carboxylic acids is 2. The molecule has 0 saturated carbocycles. The predicted molar refractivity (Wildman–Crippen MR) is 143 cm³/mol. The lowest BCUT2D eigenvalue weighted by Gasteiger charge is -2.31. The Bertz CT molecular complexity index is 1390. The van der Waals surface area contributed by atoms with Crippen LogP contribution in [0.3, 0.4) is 0 Å². The van der Waals surface area contributed by atoms with E-state index in [-0.39, 0.29) is 12.2 Å². The highest BCUT2D eigenvalue weighted by Crippen LogP contribution is 2.48. The summed E-state index contributed by atoms with van der Waals surface area (Å²) < 4.78 is 30.1. The van der Waals surface area contributed by atoms with E-state index >= 15 is 0 Å². The molecule has 0 bridgehead atoms. The SMILES string of the molecule is CC(C)(C)OC(=O)NC(Cc1ccccc1)C(=O)OC[C@@]1(N=[N+]=[N-])O[C@@H](n2ccc(N)nc2=O)[C@@H]2OC(C)(C)O[C@@H]21. The van der Waals surface area contributed by atoms with Crippen LogP contribution >= 0.6 is 0 Å². The molecule has 5 atom stereocenters. The number of rotatable bonds is 8. The van der Waals surface area contributed by atoms with Crippen LogP contribution in [0.15, 0.2) is 52.5 Å². The average Bonchev–Trinajstić information content (AvgIpc) is 3.34. The molecule has 1 amide bonds. The number of alkyl carbamates (subject to hydrolysis) is 1. The highest BCUT2D eigenvalue weighted by Gasteiger charge is 2.64. The Kier molecular flexibility index (Phi) is 8.27. The molecule has 2 saturated heterocycles. The normalized spacial score (nSPS) is 25.4. The number of nitrogens with two attached hydrogens (primary N) is 1. The van der Waals surface area contributed by atoms with Crippen molar-refractivity contribution in [2.24, 2.45) is 5.11 Å². The van der Waals surface area contributed by atoms with Gasteiger partial charge in [0, 0.05) is 17.5 Å². The summed E-state index contributed by atoms with van der Waals surface area (Å²) in [5.74, 6) is -2.00. The van der Waals surface area contributed by atoms with E-state index in [0.29, 0.717) is 0 Å². The number of ether oxygens (including phenoxy) is 5. The first-order valence-electron chi connectivity index (χ1n) is 12.9. The van der Waals surface area contributed by atoms with E-state index in [4.69, 9.17) is 29.4 Å². The van der Waals surface area contributed by atoms with Crippen molar-refractivity contribution in [3.63, 3.8) is 0 Å². The fourth-order valence-electron chi connectivity index (χ4n) is 4.59. The van der Waals surface area contributed by atoms with Gasteiger partial charge in [0.1, 0.15) is 36.3 Å². The zero-order chi connectivity index (χ0) is 30.0. The highest BCUT2D eigenvalue weighted by atomic mass is 16.8. The number of amides is 1. The Morgan fingerprint density at radius 3 is 2.56 bits per heavy atom. The molecule has 3 N–H and O–H groups in total. The minimum Gasteiger partial charge on any atom is -0.461 e. The van der Waals surface area contributed by atoms with Gasteiger partial charge in [0.05, 0.1) is 0 Å². The molecule has 1 unspecified atom stereocenters. The molecular formula is C26H33N7O8. The summed E-state index contributed by atoms with van der Waals surface area (Å²) >= 11 is 0. The Hall–Kier alpha value is -4.17. The first kappa shape index (κ1) is 29.8. The number of azide groups is 1. The molecule has 3 heterocycles. The van der Waals surface area contributed by atoms with Gasteiger partial charge in [-0.25, -0.2) is 14.4 Å². The molecule has 0 radical (unpaired) electrons. The van der Waals surface area contributed by atoms with Crippen LogP contribution in [0, 0.1) is 0 Å². The van der Waals surface area contributed by atoms with Crippen molar-refractivity contribution in [3.8, 4) is 0 Å². The number of nitrogens with one attached hydrogen (secondary N) is 1. The highest BCUT2D eigenvalue weighted by molar-refractivity contribution is 5.81. The molecule has 2 aliphatic heterocycles. The number of carbonyl (C=O) groups is 2. The summed E-state index contributed by atoms with van der Waals surface area (Å²) in [6.07, 6.45) is -2.56. The second kappa shape index (κ2) is 11.4. The van der Waals surface area contributed by atoms with Crippen LogP contribution < -0.4 is 16.7 Å². The van der Waals surface area contributed by atoms with E-state index in [1.54, 1.807) is 58.9 Å². The van der Waals surface area contributed by atoms with Crippen LogP contribution in [0.1, 0.15) is 46.4 Å². The third kappa shape index (κ3) is 6.95. The van der Waals surface area contributed by atoms with Gasteiger partial charge in [-0.15, -0.1) is 0 Å². The Morgan fingerprint density at radius 2 is 1.93 bits per heavy atom. The molecule has 2 aliphatic rings. The number of hydrogen-bond acceptors (Lipinski definition) is 11. The number of fused-ring (bicyclic) bond motifs is 1. The number of nitrogen functional groups attached to an aromatic ring is 1. The van der Waals surface area contributed by atoms with Gasteiger partial charge < -0.3 is 34.7 Å². The molecule has 220 valence electrons. The summed E-state index contributed by atoms with van der Waals surface area (Å²) in [6.45, 7) is 7.74. The fraction of sp³-hybridized carbons (Fsp3) is 0.538. The molecule has 2 aromatic rings.